The van der Waals surface area contributed by atoms with Gasteiger partial charge in [-0.1, -0.05) is 29.8 Å². The van der Waals surface area contributed by atoms with Gasteiger partial charge in [-0.3, -0.25) is 19.3 Å². The second-order valence-electron chi connectivity index (χ2n) is 7.72. The molecule has 1 amide bonds. The molecule has 1 aromatic rings. The number of Topliss-reactive ketones (excluding diaryl/α,β-unsaturated/α-hetero) is 2. The van der Waals surface area contributed by atoms with Crippen LogP contribution < -0.4 is 5.32 Å². The lowest BCUT2D eigenvalue weighted by Gasteiger charge is -2.34. The third-order valence-corrected chi connectivity index (χ3v) is 5.65. The lowest BCUT2D eigenvalue weighted by atomic mass is 9.80. The van der Waals surface area contributed by atoms with Crippen LogP contribution in [0.3, 0.4) is 0 Å². The molecule has 2 fully saturated rings. The molecule has 1 aromatic carbocycles. The minimum Gasteiger partial charge on any atom is -0.389 e. The van der Waals surface area contributed by atoms with Gasteiger partial charge < -0.3 is 10.2 Å². The van der Waals surface area contributed by atoms with Crippen LogP contribution in [0.25, 0.3) is 0 Å². The van der Waals surface area contributed by atoms with Gasteiger partial charge in [0.2, 0.25) is 5.91 Å². The van der Waals surface area contributed by atoms with Gasteiger partial charge in [0.25, 0.3) is 0 Å². The number of amides is 1. The Morgan fingerprint density at radius 3 is 2.25 bits per heavy atom. The summed E-state index contributed by atoms with van der Waals surface area (Å²) in [6.45, 7) is 8.35. The van der Waals surface area contributed by atoms with Crippen molar-refractivity contribution in [2.45, 2.75) is 32.6 Å². The van der Waals surface area contributed by atoms with E-state index in [1.54, 1.807) is 13.1 Å². The maximum Gasteiger partial charge on any atom is 0.219 e. The molecule has 0 radical (unpaired) electrons. The standard InChI is InChI=1S/C22H29N3O3/c1-16-3-5-18(6-4-16)19-13-21(27)20(22(28)14-19)15-23-7-8-24-9-11-25(12-10-24)17(2)26/h3-6,15,19,23H,7-14H2,1-2H3. The Bertz CT molecular complexity index is 742. The fourth-order valence-corrected chi connectivity index (χ4v) is 3.81. The van der Waals surface area contributed by atoms with Crippen molar-refractivity contribution in [3.63, 3.8) is 0 Å². The molecule has 1 saturated heterocycles. The number of ketones is 2. The van der Waals surface area contributed by atoms with Crippen LogP contribution in [0.4, 0.5) is 0 Å². The first-order chi connectivity index (χ1) is 13.4. The first kappa shape index (κ1) is 20.3. The van der Waals surface area contributed by atoms with E-state index in [9.17, 15) is 14.4 Å². The fourth-order valence-electron chi connectivity index (χ4n) is 3.81. The summed E-state index contributed by atoms with van der Waals surface area (Å²) in [5, 5.41) is 3.13. The molecule has 0 unspecified atom stereocenters. The van der Waals surface area contributed by atoms with Gasteiger partial charge in [-0.15, -0.1) is 0 Å². The van der Waals surface area contributed by atoms with Crippen LogP contribution >= 0.6 is 0 Å². The molecule has 2 aliphatic rings. The van der Waals surface area contributed by atoms with Crippen LogP contribution in [-0.4, -0.2) is 66.5 Å². The van der Waals surface area contributed by atoms with E-state index in [0.29, 0.717) is 25.0 Å². The van der Waals surface area contributed by atoms with Gasteiger partial charge in [0, 0.05) is 65.2 Å². The quantitative estimate of drug-likeness (QED) is 0.476. The smallest absolute Gasteiger partial charge is 0.219 e. The number of benzene rings is 1. The minimum atomic E-state index is -0.0793. The van der Waals surface area contributed by atoms with E-state index in [4.69, 9.17) is 0 Å². The highest BCUT2D eigenvalue weighted by molar-refractivity contribution is 6.22. The van der Waals surface area contributed by atoms with Crippen molar-refractivity contribution < 1.29 is 14.4 Å². The van der Waals surface area contributed by atoms with Crippen LogP contribution in [0.15, 0.2) is 36.0 Å². The van der Waals surface area contributed by atoms with Gasteiger partial charge in [0.1, 0.15) is 0 Å². The van der Waals surface area contributed by atoms with Crippen molar-refractivity contribution >= 4 is 17.5 Å². The normalized spacial score (nSPS) is 21.0. The van der Waals surface area contributed by atoms with E-state index >= 15 is 0 Å². The molecular formula is C22H29N3O3. The average molecular weight is 383 g/mol. The third-order valence-electron chi connectivity index (χ3n) is 5.65. The van der Waals surface area contributed by atoms with Gasteiger partial charge in [0.15, 0.2) is 11.6 Å². The first-order valence-electron chi connectivity index (χ1n) is 9.98. The molecule has 28 heavy (non-hydrogen) atoms. The molecule has 1 heterocycles. The van der Waals surface area contributed by atoms with Crippen molar-refractivity contribution in [1.29, 1.82) is 0 Å². The molecule has 3 rings (SSSR count). The maximum atomic E-state index is 12.5. The van der Waals surface area contributed by atoms with Crippen LogP contribution in [0.1, 0.15) is 36.8 Å². The molecule has 6 nitrogen and oxygen atoms in total. The Morgan fingerprint density at radius 2 is 1.68 bits per heavy atom. The molecule has 6 heteroatoms. The van der Waals surface area contributed by atoms with Crippen LogP contribution in [-0.2, 0) is 14.4 Å². The molecule has 1 N–H and O–H groups in total. The number of hydrogen-bond acceptors (Lipinski definition) is 5. The number of allylic oxidation sites excluding steroid dienone is 1. The van der Waals surface area contributed by atoms with Crippen molar-refractivity contribution in [2.24, 2.45) is 0 Å². The number of aryl methyl sites for hydroxylation is 1. The molecular weight excluding hydrogens is 354 g/mol. The van der Waals surface area contributed by atoms with Crippen LogP contribution in [0.5, 0.6) is 0 Å². The highest BCUT2D eigenvalue weighted by Crippen LogP contribution is 2.31. The lowest BCUT2D eigenvalue weighted by molar-refractivity contribution is -0.130. The second-order valence-corrected chi connectivity index (χ2v) is 7.72. The highest BCUT2D eigenvalue weighted by Gasteiger charge is 2.31. The Labute approximate surface area is 166 Å². The van der Waals surface area contributed by atoms with E-state index < -0.39 is 0 Å². The summed E-state index contributed by atoms with van der Waals surface area (Å²) in [6, 6.07) is 8.07. The number of rotatable bonds is 5. The van der Waals surface area contributed by atoms with Crippen molar-refractivity contribution in [2.75, 3.05) is 39.3 Å². The van der Waals surface area contributed by atoms with E-state index in [1.165, 1.54) is 5.56 Å². The molecule has 0 spiro atoms. The fraction of sp³-hybridized carbons (Fsp3) is 0.500. The average Bonchev–Trinajstić information content (AvgIpc) is 2.67. The van der Waals surface area contributed by atoms with Gasteiger partial charge in [-0.05, 0) is 18.4 Å². The summed E-state index contributed by atoms with van der Waals surface area (Å²) in [4.78, 5) is 40.4. The summed E-state index contributed by atoms with van der Waals surface area (Å²) in [5.41, 5.74) is 2.53. The number of hydrogen-bond donors (Lipinski definition) is 1. The molecule has 1 aliphatic carbocycles. The van der Waals surface area contributed by atoms with Crippen molar-refractivity contribution in [1.82, 2.24) is 15.1 Å². The maximum absolute atomic E-state index is 12.5. The Hall–Kier alpha value is -2.47. The SMILES string of the molecule is CC(=O)N1CCN(CCNC=C2C(=O)CC(c3ccc(C)cc3)CC2=O)CC1. The zero-order chi connectivity index (χ0) is 20.1. The van der Waals surface area contributed by atoms with Gasteiger partial charge in [0.05, 0.1) is 5.57 Å². The zero-order valence-electron chi connectivity index (χ0n) is 16.7. The number of carbonyl (C=O) groups is 3. The number of carbonyl (C=O) groups excluding carboxylic acids is 3. The minimum absolute atomic E-state index is 0.0182. The first-order valence-corrected chi connectivity index (χ1v) is 9.98. The molecule has 150 valence electrons. The van der Waals surface area contributed by atoms with E-state index in [-0.39, 0.29) is 23.4 Å². The summed E-state index contributed by atoms with van der Waals surface area (Å²) < 4.78 is 0. The van der Waals surface area contributed by atoms with Gasteiger partial charge >= 0.3 is 0 Å². The molecule has 0 atom stereocenters. The molecule has 1 aliphatic heterocycles. The number of piperazine rings is 1. The van der Waals surface area contributed by atoms with E-state index in [0.717, 1.165) is 38.3 Å². The van der Waals surface area contributed by atoms with Crippen LogP contribution in [0.2, 0.25) is 0 Å². The summed E-state index contributed by atoms with van der Waals surface area (Å²) in [7, 11) is 0. The number of nitrogens with zero attached hydrogens (tertiary/aromatic N) is 2. The summed E-state index contributed by atoms with van der Waals surface area (Å²) >= 11 is 0. The Morgan fingerprint density at radius 1 is 1.07 bits per heavy atom. The van der Waals surface area contributed by atoms with Gasteiger partial charge in [-0.2, -0.15) is 0 Å². The van der Waals surface area contributed by atoms with Gasteiger partial charge in [-0.25, -0.2) is 0 Å². The largest absolute Gasteiger partial charge is 0.389 e. The zero-order valence-corrected chi connectivity index (χ0v) is 16.7. The molecule has 1 saturated carbocycles. The van der Waals surface area contributed by atoms with Crippen molar-refractivity contribution in [3.8, 4) is 0 Å². The summed E-state index contributed by atoms with van der Waals surface area (Å²) in [6.07, 6.45) is 2.37. The second kappa shape index (κ2) is 9.15. The topological polar surface area (TPSA) is 69.7 Å². The van der Waals surface area contributed by atoms with E-state index in [2.05, 4.69) is 10.2 Å². The predicted molar refractivity (Wildman–Crippen MR) is 108 cm³/mol. The highest BCUT2D eigenvalue weighted by atomic mass is 16.2. The molecule has 0 aromatic heterocycles. The van der Waals surface area contributed by atoms with E-state index in [1.807, 2.05) is 36.1 Å². The molecule has 0 bridgehead atoms. The Kier molecular flexibility index (Phi) is 6.62. The third kappa shape index (κ3) is 5.07. The monoisotopic (exact) mass is 383 g/mol. The number of nitrogens with one attached hydrogen (secondary N) is 1. The Balaban J connectivity index is 1.46. The predicted octanol–water partition coefficient (Wildman–Crippen LogP) is 1.65. The summed E-state index contributed by atoms with van der Waals surface area (Å²) in [5.74, 6) is -0.0510. The lowest BCUT2D eigenvalue weighted by Crippen LogP contribution is -2.49. The van der Waals surface area contributed by atoms with Crippen LogP contribution in [0, 0.1) is 6.92 Å². The van der Waals surface area contributed by atoms with Crippen molar-refractivity contribution in [3.05, 3.63) is 47.2 Å².